The van der Waals surface area contributed by atoms with E-state index in [-0.39, 0.29) is 30.0 Å². The van der Waals surface area contributed by atoms with Gasteiger partial charge in [-0.3, -0.25) is 4.79 Å². The first-order valence-corrected chi connectivity index (χ1v) is 9.95. The first-order chi connectivity index (χ1) is 14.8. The highest BCUT2D eigenvalue weighted by Crippen LogP contribution is 2.27. The molecule has 1 amide bonds. The maximum Gasteiger partial charge on any atom is 0.272 e. The van der Waals surface area contributed by atoms with E-state index in [0.29, 0.717) is 23.5 Å². The smallest absolute Gasteiger partial charge is 0.272 e. The third-order valence-corrected chi connectivity index (χ3v) is 4.81. The van der Waals surface area contributed by atoms with Crippen LogP contribution in [-0.2, 0) is 5.92 Å². The first-order valence-electron chi connectivity index (χ1n) is 9.95. The zero-order valence-electron chi connectivity index (χ0n) is 17.6. The molecular weight excluding hydrogens is 402 g/mol. The van der Waals surface area contributed by atoms with Crippen molar-refractivity contribution in [2.45, 2.75) is 32.7 Å². The van der Waals surface area contributed by atoms with Crippen LogP contribution in [0.25, 0.3) is 11.4 Å². The normalized spacial score (nSPS) is 12.3. The fourth-order valence-electron chi connectivity index (χ4n) is 3.13. The highest BCUT2D eigenvalue weighted by atomic mass is 19.3. The molecule has 3 aromatic rings. The van der Waals surface area contributed by atoms with Gasteiger partial charge in [0.1, 0.15) is 6.61 Å². The summed E-state index contributed by atoms with van der Waals surface area (Å²) < 4.78 is 32.3. The average Bonchev–Trinajstić information content (AvgIpc) is 2.78. The molecule has 0 spiro atoms. The number of nitrogens with zero attached hydrogens (tertiary/aromatic N) is 4. The maximum absolute atomic E-state index is 13.3. The molecule has 0 aliphatic carbocycles. The summed E-state index contributed by atoms with van der Waals surface area (Å²) >= 11 is 0. The SMILES string of the molecule is CCN(C(=O)c1ccccc1-c1ncccn1)[C@@H](C)COc1ccc(C(C)(F)F)cn1. The summed E-state index contributed by atoms with van der Waals surface area (Å²) in [7, 11) is 0. The molecule has 0 fully saturated rings. The van der Waals surface area contributed by atoms with Gasteiger partial charge in [-0.05, 0) is 32.0 Å². The fraction of sp³-hybridized carbons (Fsp3) is 0.304. The number of likely N-dealkylation sites (N-methyl/N-ethyl adjacent to an activating group) is 1. The zero-order chi connectivity index (χ0) is 22.4. The summed E-state index contributed by atoms with van der Waals surface area (Å²) in [5.41, 5.74) is 0.963. The van der Waals surface area contributed by atoms with E-state index < -0.39 is 5.92 Å². The van der Waals surface area contributed by atoms with Crippen molar-refractivity contribution in [3.8, 4) is 17.3 Å². The van der Waals surface area contributed by atoms with Gasteiger partial charge in [0.25, 0.3) is 11.8 Å². The Morgan fingerprint density at radius 2 is 1.81 bits per heavy atom. The Balaban J connectivity index is 1.73. The minimum Gasteiger partial charge on any atom is -0.475 e. The molecule has 2 aromatic heterocycles. The molecular formula is C23H24F2N4O2. The Kier molecular flexibility index (Phi) is 6.89. The van der Waals surface area contributed by atoms with Crippen molar-refractivity contribution in [3.05, 3.63) is 72.2 Å². The van der Waals surface area contributed by atoms with Crippen LogP contribution in [0.1, 0.15) is 36.7 Å². The van der Waals surface area contributed by atoms with Gasteiger partial charge in [-0.25, -0.2) is 23.7 Å². The van der Waals surface area contributed by atoms with Crippen LogP contribution in [0.2, 0.25) is 0 Å². The Hall–Kier alpha value is -3.42. The van der Waals surface area contributed by atoms with Crippen molar-refractivity contribution in [1.82, 2.24) is 19.9 Å². The van der Waals surface area contributed by atoms with Gasteiger partial charge in [-0.15, -0.1) is 0 Å². The van der Waals surface area contributed by atoms with E-state index in [1.54, 1.807) is 35.5 Å². The van der Waals surface area contributed by atoms with Crippen molar-refractivity contribution < 1.29 is 18.3 Å². The molecule has 0 aliphatic rings. The molecule has 0 bridgehead atoms. The minimum atomic E-state index is -2.96. The standard InChI is InChI=1S/C23H24F2N4O2/c1-4-29(16(2)15-31-20-11-10-17(14-28-20)23(3,24)25)22(30)19-9-6-5-8-18(19)21-26-12-7-13-27-21/h5-14,16H,4,15H2,1-3H3/t16-/m0/s1. The lowest BCUT2D eigenvalue weighted by atomic mass is 10.0. The molecule has 0 saturated heterocycles. The summed E-state index contributed by atoms with van der Waals surface area (Å²) in [6.45, 7) is 5.18. The van der Waals surface area contributed by atoms with Crippen molar-refractivity contribution in [1.29, 1.82) is 0 Å². The lowest BCUT2D eigenvalue weighted by Crippen LogP contribution is -2.42. The molecule has 0 unspecified atom stereocenters. The molecule has 1 aromatic carbocycles. The van der Waals surface area contributed by atoms with Crippen molar-refractivity contribution in [3.63, 3.8) is 0 Å². The third-order valence-electron chi connectivity index (χ3n) is 4.81. The summed E-state index contributed by atoms with van der Waals surface area (Å²) in [5, 5.41) is 0. The molecule has 31 heavy (non-hydrogen) atoms. The van der Waals surface area contributed by atoms with Gasteiger partial charge >= 0.3 is 0 Å². The summed E-state index contributed by atoms with van der Waals surface area (Å²) in [6, 6.07) is 11.3. The average molecular weight is 426 g/mol. The van der Waals surface area contributed by atoms with E-state index in [9.17, 15) is 13.6 Å². The number of alkyl halides is 2. The van der Waals surface area contributed by atoms with E-state index in [4.69, 9.17) is 4.74 Å². The highest BCUT2D eigenvalue weighted by molar-refractivity contribution is 6.00. The third kappa shape index (κ3) is 5.39. The van der Waals surface area contributed by atoms with E-state index in [1.807, 2.05) is 26.0 Å². The van der Waals surface area contributed by atoms with Gasteiger partial charge in [-0.2, -0.15) is 0 Å². The second-order valence-corrected chi connectivity index (χ2v) is 7.14. The number of carbonyl (C=O) groups excluding carboxylic acids is 1. The number of carbonyl (C=O) groups is 1. The molecule has 1 atom stereocenters. The number of pyridine rings is 1. The monoisotopic (exact) mass is 426 g/mol. The molecule has 8 heteroatoms. The predicted octanol–water partition coefficient (Wildman–Crippen LogP) is 4.58. The number of hydrogen-bond acceptors (Lipinski definition) is 5. The topological polar surface area (TPSA) is 68.2 Å². The van der Waals surface area contributed by atoms with Gasteiger partial charge < -0.3 is 9.64 Å². The predicted molar refractivity (Wildman–Crippen MR) is 113 cm³/mol. The molecule has 0 N–H and O–H groups in total. The molecule has 0 saturated carbocycles. The molecule has 162 valence electrons. The van der Waals surface area contributed by atoms with Crippen LogP contribution in [0.15, 0.2) is 61.1 Å². The van der Waals surface area contributed by atoms with Crippen LogP contribution >= 0.6 is 0 Å². The minimum absolute atomic E-state index is 0.165. The second kappa shape index (κ2) is 9.59. The Labute approximate surface area is 179 Å². The van der Waals surface area contributed by atoms with Gasteiger partial charge in [0.15, 0.2) is 5.82 Å². The zero-order valence-corrected chi connectivity index (χ0v) is 17.6. The van der Waals surface area contributed by atoms with Crippen molar-refractivity contribution in [2.75, 3.05) is 13.2 Å². The van der Waals surface area contributed by atoms with Gasteiger partial charge in [0.2, 0.25) is 5.88 Å². The van der Waals surface area contributed by atoms with Crippen LogP contribution < -0.4 is 4.74 Å². The van der Waals surface area contributed by atoms with Crippen LogP contribution in [0.5, 0.6) is 5.88 Å². The van der Waals surface area contributed by atoms with Gasteiger partial charge in [0.05, 0.1) is 11.6 Å². The van der Waals surface area contributed by atoms with Crippen molar-refractivity contribution >= 4 is 5.91 Å². The summed E-state index contributed by atoms with van der Waals surface area (Å²) in [5.74, 6) is -2.43. The lowest BCUT2D eigenvalue weighted by Gasteiger charge is -2.28. The quantitative estimate of drug-likeness (QED) is 0.527. The number of aromatic nitrogens is 3. The number of hydrogen-bond donors (Lipinski definition) is 0. The molecule has 3 rings (SSSR count). The van der Waals surface area contributed by atoms with Crippen LogP contribution in [-0.4, -0.2) is 45.0 Å². The molecule has 0 radical (unpaired) electrons. The van der Waals surface area contributed by atoms with E-state index >= 15 is 0 Å². The molecule has 6 nitrogen and oxygen atoms in total. The largest absolute Gasteiger partial charge is 0.475 e. The summed E-state index contributed by atoms with van der Waals surface area (Å²) in [4.78, 5) is 27.4. The van der Waals surface area contributed by atoms with Gasteiger partial charge in [0, 0.05) is 49.3 Å². The highest BCUT2D eigenvalue weighted by Gasteiger charge is 2.25. The van der Waals surface area contributed by atoms with E-state index in [0.717, 1.165) is 13.1 Å². The van der Waals surface area contributed by atoms with E-state index in [1.165, 1.54) is 12.1 Å². The van der Waals surface area contributed by atoms with Crippen molar-refractivity contribution in [2.24, 2.45) is 0 Å². The number of halogens is 2. The molecule has 2 heterocycles. The number of benzene rings is 1. The lowest BCUT2D eigenvalue weighted by molar-refractivity contribution is 0.0169. The number of amides is 1. The summed E-state index contributed by atoms with van der Waals surface area (Å²) in [6.07, 6.45) is 4.35. The molecule has 0 aliphatic heterocycles. The fourth-order valence-corrected chi connectivity index (χ4v) is 3.13. The Morgan fingerprint density at radius 3 is 2.42 bits per heavy atom. The first kappa shape index (κ1) is 22.3. The van der Waals surface area contributed by atoms with E-state index in [2.05, 4.69) is 15.0 Å². The maximum atomic E-state index is 13.3. The Bertz CT molecular complexity index is 1010. The number of ether oxygens (including phenoxy) is 1. The van der Waals surface area contributed by atoms with Crippen LogP contribution in [0.4, 0.5) is 8.78 Å². The Morgan fingerprint density at radius 1 is 1.10 bits per heavy atom. The number of rotatable bonds is 8. The van der Waals surface area contributed by atoms with Crippen LogP contribution in [0, 0.1) is 0 Å². The van der Waals surface area contributed by atoms with Crippen LogP contribution in [0.3, 0.4) is 0 Å². The van der Waals surface area contributed by atoms with Gasteiger partial charge in [-0.1, -0.05) is 18.2 Å². The second-order valence-electron chi connectivity index (χ2n) is 7.14.